The maximum atomic E-state index is 12.8. The Bertz CT molecular complexity index is 893. The van der Waals surface area contributed by atoms with Crippen molar-refractivity contribution in [2.75, 3.05) is 59.4 Å². The van der Waals surface area contributed by atoms with Crippen molar-refractivity contribution in [3.63, 3.8) is 0 Å². The van der Waals surface area contributed by atoms with Crippen LogP contribution in [0.25, 0.3) is 11.0 Å². The van der Waals surface area contributed by atoms with Gasteiger partial charge in [-0.3, -0.25) is 4.79 Å². The molecule has 146 valence electrons. The van der Waals surface area contributed by atoms with Crippen LogP contribution in [0.2, 0.25) is 0 Å². The normalized spacial score (nSPS) is 21.0. The zero-order valence-electron chi connectivity index (χ0n) is 15.4. The first kappa shape index (κ1) is 18.4. The van der Waals surface area contributed by atoms with E-state index in [1.165, 1.54) is 4.31 Å². The van der Waals surface area contributed by atoms with Gasteiger partial charge in [0.2, 0.25) is 0 Å². The summed E-state index contributed by atoms with van der Waals surface area (Å²) in [5.41, 5.74) is 0.678. The molecule has 4 rings (SSSR count). The zero-order valence-corrected chi connectivity index (χ0v) is 16.2. The zero-order chi connectivity index (χ0) is 19.0. The number of piperazine rings is 2. The van der Waals surface area contributed by atoms with Gasteiger partial charge >= 0.3 is 0 Å². The predicted molar refractivity (Wildman–Crippen MR) is 102 cm³/mol. The van der Waals surface area contributed by atoms with Gasteiger partial charge in [0.25, 0.3) is 16.1 Å². The van der Waals surface area contributed by atoms with Crippen molar-refractivity contribution in [1.29, 1.82) is 0 Å². The van der Waals surface area contributed by atoms with Gasteiger partial charge in [0.1, 0.15) is 5.58 Å². The van der Waals surface area contributed by atoms with E-state index in [9.17, 15) is 13.2 Å². The summed E-state index contributed by atoms with van der Waals surface area (Å²) in [5, 5.41) is 0.886. The highest BCUT2D eigenvalue weighted by atomic mass is 32.2. The number of fused-ring (bicyclic) bond motifs is 1. The van der Waals surface area contributed by atoms with Crippen LogP contribution in [0.4, 0.5) is 0 Å². The molecule has 0 saturated carbocycles. The first-order chi connectivity index (χ1) is 12.9. The highest BCUT2D eigenvalue weighted by Gasteiger charge is 2.35. The standard InChI is InChI=1S/C18H24N4O4S/c1-19-6-10-21(11-7-19)27(24,25)22-12-8-20(9-13-22)18(23)17-14-15-4-2-3-5-16(15)26-17/h2-5,14H,6-13H2,1H3. The van der Waals surface area contributed by atoms with Crippen molar-refractivity contribution < 1.29 is 17.6 Å². The van der Waals surface area contributed by atoms with Gasteiger partial charge in [-0.25, -0.2) is 0 Å². The van der Waals surface area contributed by atoms with Crippen LogP contribution in [-0.2, 0) is 10.2 Å². The molecular weight excluding hydrogens is 368 g/mol. The molecule has 0 bridgehead atoms. The molecule has 2 saturated heterocycles. The topological polar surface area (TPSA) is 77.3 Å². The Labute approximate surface area is 159 Å². The van der Waals surface area contributed by atoms with Crippen LogP contribution < -0.4 is 0 Å². The maximum Gasteiger partial charge on any atom is 0.289 e. The van der Waals surface area contributed by atoms with Gasteiger partial charge in [-0.2, -0.15) is 17.0 Å². The van der Waals surface area contributed by atoms with E-state index in [1.807, 2.05) is 31.3 Å². The van der Waals surface area contributed by atoms with Gasteiger partial charge in [0, 0.05) is 57.7 Å². The van der Waals surface area contributed by atoms with Gasteiger partial charge in [-0.1, -0.05) is 18.2 Å². The van der Waals surface area contributed by atoms with Gasteiger partial charge in [0.05, 0.1) is 0 Å². The molecule has 1 aromatic carbocycles. The summed E-state index contributed by atoms with van der Waals surface area (Å²) in [7, 11) is -1.47. The van der Waals surface area contributed by atoms with Crippen LogP contribution in [0.15, 0.2) is 34.7 Å². The maximum absolute atomic E-state index is 12.8. The quantitative estimate of drug-likeness (QED) is 0.768. The Morgan fingerprint density at radius 1 is 0.926 bits per heavy atom. The summed E-state index contributed by atoms with van der Waals surface area (Å²) in [6.07, 6.45) is 0. The number of rotatable bonds is 3. The van der Waals surface area contributed by atoms with Gasteiger partial charge < -0.3 is 14.2 Å². The van der Waals surface area contributed by atoms with E-state index in [2.05, 4.69) is 4.90 Å². The Balaban J connectivity index is 1.40. The highest BCUT2D eigenvalue weighted by molar-refractivity contribution is 7.86. The Hall–Kier alpha value is -1.94. The van der Waals surface area contributed by atoms with Crippen LogP contribution in [-0.4, -0.2) is 92.1 Å². The second kappa shape index (κ2) is 7.23. The molecule has 0 N–H and O–H groups in total. The Kier molecular flexibility index (Phi) is 4.94. The molecule has 1 amide bonds. The minimum Gasteiger partial charge on any atom is -0.451 e. The van der Waals surface area contributed by atoms with Crippen molar-refractivity contribution >= 4 is 27.1 Å². The first-order valence-electron chi connectivity index (χ1n) is 9.17. The molecule has 1 aromatic heterocycles. The summed E-state index contributed by atoms with van der Waals surface area (Å²) >= 11 is 0. The summed E-state index contributed by atoms with van der Waals surface area (Å²) in [6, 6.07) is 9.23. The number of amides is 1. The Morgan fingerprint density at radius 3 is 2.15 bits per heavy atom. The minimum absolute atomic E-state index is 0.192. The lowest BCUT2D eigenvalue weighted by Crippen LogP contribution is -2.57. The number of hydrogen-bond acceptors (Lipinski definition) is 5. The molecule has 0 radical (unpaired) electrons. The lowest BCUT2D eigenvalue weighted by atomic mass is 10.2. The monoisotopic (exact) mass is 392 g/mol. The summed E-state index contributed by atoms with van der Waals surface area (Å²) in [6.45, 7) is 3.84. The minimum atomic E-state index is -3.46. The lowest BCUT2D eigenvalue weighted by molar-refractivity contribution is 0.0663. The lowest BCUT2D eigenvalue weighted by Gasteiger charge is -2.38. The fourth-order valence-electron chi connectivity index (χ4n) is 3.55. The average molecular weight is 392 g/mol. The van der Waals surface area contributed by atoms with Crippen LogP contribution in [0, 0.1) is 0 Å². The van der Waals surface area contributed by atoms with Crippen LogP contribution in [0.3, 0.4) is 0 Å². The van der Waals surface area contributed by atoms with Crippen molar-refractivity contribution in [2.45, 2.75) is 0 Å². The second-order valence-corrected chi connectivity index (χ2v) is 8.98. The van der Waals surface area contributed by atoms with E-state index in [0.717, 1.165) is 18.5 Å². The third-order valence-corrected chi connectivity index (χ3v) is 7.31. The summed E-state index contributed by atoms with van der Waals surface area (Å²) in [4.78, 5) is 16.5. The molecule has 0 aliphatic carbocycles. The van der Waals surface area contributed by atoms with Crippen molar-refractivity contribution in [2.24, 2.45) is 0 Å². The number of likely N-dealkylation sites (N-methyl/N-ethyl adjacent to an activating group) is 1. The molecule has 2 fully saturated rings. The molecule has 2 aliphatic rings. The smallest absolute Gasteiger partial charge is 0.289 e. The third-order valence-electron chi connectivity index (χ3n) is 5.28. The average Bonchev–Trinajstić information content (AvgIpc) is 3.12. The predicted octanol–water partition coefficient (Wildman–Crippen LogP) is 0.683. The van der Waals surface area contributed by atoms with Gasteiger partial charge in [0.15, 0.2) is 5.76 Å². The molecule has 2 aromatic rings. The second-order valence-electron chi connectivity index (χ2n) is 7.05. The largest absolute Gasteiger partial charge is 0.451 e. The number of hydrogen-bond donors (Lipinski definition) is 0. The molecule has 27 heavy (non-hydrogen) atoms. The van der Waals surface area contributed by atoms with E-state index in [4.69, 9.17) is 4.42 Å². The van der Waals surface area contributed by atoms with Crippen molar-refractivity contribution in [1.82, 2.24) is 18.4 Å². The number of benzene rings is 1. The Morgan fingerprint density at radius 2 is 1.52 bits per heavy atom. The summed E-state index contributed by atoms with van der Waals surface area (Å²) < 4.78 is 34.3. The van der Waals surface area contributed by atoms with Gasteiger partial charge in [-0.05, 0) is 19.2 Å². The third kappa shape index (κ3) is 3.60. The molecule has 2 aliphatic heterocycles. The summed E-state index contributed by atoms with van der Waals surface area (Å²) in [5.74, 6) is 0.106. The van der Waals surface area contributed by atoms with Crippen molar-refractivity contribution in [3.8, 4) is 0 Å². The highest BCUT2D eigenvalue weighted by Crippen LogP contribution is 2.21. The van der Waals surface area contributed by atoms with Crippen LogP contribution in [0.1, 0.15) is 10.6 Å². The first-order valence-corrected chi connectivity index (χ1v) is 10.6. The number of carbonyl (C=O) groups is 1. The SMILES string of the molecule is CN1CCN(S(=O)(=O)N2CCN(C(=O)c3cc4ccccc4o3)CC2)CC1. The van der Waals surface area contributed by atoms with E-state index in [1.54, 1.807) is 15.3 Å². The number of carbonyl (C=O) groups excluding carboxylic acids is 1. The molecule has 0 atom stereocenters. The van der Waals surface area contributed by atoms with E-state index in [0.29, 0.717) is 50.6 Å². The fraction of sp³-hybridized carbons (Fsp3) is 0.500. The number of para-hydroxylation sites is 1. The molecule has 8 nitrogen and oxygen atoms in total. The number of nitrogens with zero attached hydrogens (tertiary/aromatic N) is 4. The van der Waals surface area contributed by atoms with Crippen LogP contribution >= 0.6 is 0 Å². The molecular formula is C18H24N4O4S. The fourth-order valence-corrected chi connectivity index (χ4v) is 5.12. The van der Waals surface area contributed by atoms with Crippen molar-refractivity contribution in [3.05, 3.63) is 36.1 Å². The molecule has 3 heterocycles. The van der Waals surface area contributed by atoms with E-state index >= 15 is 0 Å². The number of furan rings is 1. The van der Waals surface area contributed by atoms with Gasteiger partial charge in [-0.15, -0.1) is 0 Å². The van der Waals surface area contributed by atoms with E-state index in [-0.39, 0.29) is 5.91 Å². The van der Waals surface area contributed by atoms with E-state index < -0.39 is 10.2 Å². The molecule has 0 spiro atoms. The molecule has 9 heteroatoms. The van der Waals surface area contributed by atoms with Crippen LogP contribution in [0.5, 0.6) is 0 Å². The molecule has 0 unspecified atom stereocenters.